The summed E-state index contributed by atoms with van der Waals surface area (Å²) in [5.74, 6) is -3.62. The number of halogens is 2. The van der Waals surface area contributed by atoms with Gasteiger partial charge < -0.3 is 14.6 Å². The smallest absolute Gasteiger partial charge is 0.326 e. The van der Waals surface area contributed by atoms with Crippen LogP contribution in [0.5, 0.6) is 0 Å². The molecular weight excluding hydrogens is 322 g/mol. The monoisotopic (exact) mass is 336 g/mol. The molecule has 0 bridgehead atoms. The van der Waals surface area contributed by atoms with E-state index in [0.29, 0.717) is 0 Å². The number of esters is 1. The van der Waals surface area contributed by atoms with Crippen molar-refractivity contribution in [3.63, 3.8) is 0 Å². The standard InChI is InChI=1S/C16H14F2N2O4/c1-10(16(23)19-15-11(17)5-4-6-12(15)18)24-14(22)9-20-8-3-2-7-13(20)21/h2-8,10H,9H2,1H3,(H,19,23)/t10-/m1/s1. The molecule has 2 rings (SSSR count). The van der Waals surface area contributed by atoms with E-state index in [0.717, 1.165) is 22.8 Å². The normalized spacial score (nSPS) is 11.6. The number of aromatic nitrogens is 1. The molecule has 1 N–H and O–H groups in total. The zero-order valence-electron chi connectivity index (χ0n) is 12.7. The summed E-state index contributed by atoms with van der Waals surface area (Å²) in [6.07, 6.45) is 0.0965. The fraction of sp³-hybridized carbons (Fsp3) is 0.188. The lowest BCUT2D eigenvalue weighted by Crippen LogP contribution is -2.33. The van der Waals surface area contributed by atoms with Gasteiger partial charge in [-0.25, -0.2) is 8.78 Å². The van der Waals surface area contributed by atoms with Gasteiger partial charge in [-0.2, -0.15) is 0 Å². The van der Waals surface area contributed by atoms with Gasteiger partial charge in [-0.3, -0.25) is 14.4 Å². The average Bonchev–Trinajstić information content (AvgIpc) is 2.53. The summed E-state index contributed by atoms with van der Waals surface area (Å²) in [6, 6.07) is 7.47. The maximum atomic E-state index is 13.5. The van der Waals surface area contributed by atoms with E-state index in [9.17, 15) is 23.2 Å². The van der Waals surface area contributed by atoms with Crippen LogP contribution in [0, 0.1) is 11.6 Å². The fourth-order valence-corrected chi connectivity index (χ4v) is 1.86. The summed E-state index contributed by atoms with van der Waals surface area (Å²) in [4.78, 5) is 35.1. The Kier molecular flexibility index (Phi) is 5.41. The quantitative estimate of drug-likeness (QED) is 0.843. The van der Waals surface area contributed by atoms with E-state index in [4.69, 9.17) is 4.74 Å². The molecule has 0 saturated carbocycles. The molecule has 126 valence electrons. The Morgan fingerprint density at radius 1 is 1.17 bits per heavy atom. The lowest BCUT2D eigenvalue weighted by molar-refractivity contribution is -0.153. The second-order valence-electron chi connectivity index (χ2n) is 4.88. The minimum Gasteiger partial charge on any atom is -0.451 e. The second-order valence-corrected chi connectivity index (χ2v) is 4.88. The van der Waals surface area contributed by atoms with E-state index in [-0.39, 0.29) is 6.54 Å². The maximum Gasteiger partial charge on any atom is 0.326 e. The van der Waals surface area contributed by atoms with Crippen molar-refractivity contribution in [2.24, 2.45) is 0 Å². The summed E-state index contributed by atoms with van der Waals surface area (Å²) in [5, 5.41) is 2.02. The number of carbonyl (C=O) groups is 2. The first kappa shape index (κ1) is 17.3. The minimum absolute atomic E-state index is 0.384. The molecule has 0 radical (unpaired) electrons. The van der Waals surface area contributed by atoms with E-state index in [2.05, 4.69) is 0 Å². The van der Waals surface area contributed by atoms with Crippen molar-refractivity contribution in [3.8, 4) is 0 Å². The number of benzene rings is 1. The molecule has 6 nitrogen and oxygen atoms in total. The average molecular weight is 336 g/mol. The van der Waals surface area contributed by atoms with Crippen LogP contribution in [-0.2, 0) is 20.9 Å². The Hall–Kier alpha value is -3.03. The van der Waals surface area contributed by atoms with E-state index in [1.807, 2.05) is 5.32 Å². The molecule has 0 saturated heterocycles. The first-order valence-corrected chi connectivity index (χ1v) is 6.98. The van der Waals surface area contributed by atoms with Crippen molar-refractivity contribution in [2.45, 2.75) is 19.6 Å². The van der Waals surface area contributed by atoms with Crippen LogP contribution in [-0.4, -0.2) is 22.5 Å². The molecule has 1 heterocycles. The molecule has 8 heteroatoms. The molecule has 0 aliphatic carbocycles. The first-order chi connectivity index (χ1) is 11.4. The predicted octanol–water partition coefficient (Wildman–Crippen LogP) is 1.70. The molecule has 0 spiro atoms. The van der Waals surface area contributed by atoms with Crippen molar-refractivity contribution >= 4 is 17.6 Å². The van der Waals surface area contributed by atoms with Gasteiger partial charge in [0.05, 0.1) is 0 Å². The van der Waals surface area contributed by atoms with Gasteiger partial charge in [0.15, 0.2) is 6.10 Å². The SMILES string of the molecule is C[C@@H](OC(=O)Cn1ccccc1=O)C(=O)Nc1c(F)cccc1F. The first-order valence-electron chi connectivity index (χ1n) is 6.98. The molecule has 0 aliphatic heterocycles. The number of amides is 1. The molecule has 2 aromatic rings. The third-order valence-corrected chi connectivity index (χ3v) is 3.09. The molecule has 0 unspecified atom stereocenters. The van der Waals surface area contributed by atoms with Gasteiger partial charge in [-0.05, 0) is 25.1 Å². The largest absolute Gasteiger partial charge is 0.451 e. The number of ether oxygens (including phenoxy) is 1. The van der Waals surface area contributed by atoms with Gasteiger partial charge >= 0.3 is 5.97 Å². The predicted molar refractivity (Wildman–Crippen MR) is 81.2 cm³/mol. The van der Waals surface area contributed by atoms with Gasteiger partial charge in [-0.15, -0.1) is 0 Å². The van der Waals surface area contributed by atoms with Crippen molar-refractivity contribution in [1.82, 2.24) is 4.57 Å². The topological polar surface area (TPSA) is 77.4 Å². The number of hydrogen-bond donors (Lipinski definition) is 1. The molecule has 1 aromatic carbocycles. The highest BCUT2D eigenvalue weighted by Gasteiger charge is 2.21. The number of nitrogens with zero attached hydrogens (tertiary/aromatic N) is 1. The van der Waals surface area contributed by atoms with E-state index < -0.39 is 40.9 Å². The highest BCUT2D eigenvalue weighted by atomic mass is 19.1. The van der Waals surface area contributed by atoms with Crippen molar-refractivity contribution in [3.05, 3.63) is 64.6 Å². The number of carbonyl (C=O) groups excluding carboxylic acids is 2. The van der Waals surface area contributed by atoms with Gasteiger partial charge in [0.25, 0.3) is 11.5 Å². The third-order valence-electron chi connectivity index (χ3n) is 3.09. The lowest BCUT2D eigenvalue weighted by atomic mass is 10.2. The summed E-state index contributed by atoms with van der Waals surface area (Å²) in [6.45, 7) is 0.866. The van der Waals surface area contributed by atoms with Crippen molar-refractivity contribution in [2.75, 3.05) is 5.32 Å². The molecule has 1 atom stereocenters. The van der Waals surface area contributed by atoms with E-state index in [1.165, 1.54) is 25.3 Å². The van der Waals surface area contributed by atoms with Gasteiger partial charge in [0.1, 0.15) is 23.9 Å². The van der Waals surface area contributed by atoms with Crippen LogP contribution in [0.15, 0.2) is 47.4 Å². The highest BCUT2D eigenvalue weighted by Crippen LogP contribution is 2.18. The van der Waals surface area contributed by atoms with Crippen LogP contribution in [0.2, 0.25) is 0 Å². The fourth-order valence-electron chi connectivity index (χ4n) is 1.86. The Bertz CT molecular complexity index is 799. The zero-order chi connectivity index (χ0) is 17.7. The van der Waals surface area contributed by atoms with Crippen LogP contribution in [0.3, 0.4) is 0 Å². The van der Waals surface area contributed by atoms with Crippen LogP contribution >= 0.6 is 0 Å². The lowest BCUT2D eigenvalue weighted by Gasteiger charge is -2.14. The Labute approximate surface area is 135 Å². The van der Waals surface area contributed by atoms with Crippen LogP contribution in [0.25, 0.3) is 0 Å². The Morgan fingerprint density at radius 2 is 1.83 bits per heavy atom. The van der Waals surface area contributed by atoms with Crippen LogP contribution in [0.1, 0.15) is 6.92 Å². The van der Waals surface area contributed by atoms with Gasteiger partial charge in [0, 0.05) is 12.3 Å². The molecule has 0 fully saturated rings. The number of rotatable bonds is 5. The molecular formula is C16H14F2N2O4. The summed E-state index contributed by atoms with van der Waals surface area (Å²) in [5.41, 5.74) is -1.02. The number of anilines is 1. The molecule has 0 aliphatic rings. The summed E-state index contributed by atoms with van der Waals surface area (Å²) >= 11 is 0. The van der Waals surface area contributed by atoms with E-state index >= 15 is 0 Å². The second kappa shape index (κ2) is 7.49. The van der Waals surface area contributed by atoms with Crippen LogP contribution < -0.4 is 10.9 Å². The number of pyridine rings is 1. The molecule has 24 heavy (non-hydrogen) atoms. The van der Waals surface area contributed by atoms with Gasteiger partial charge in [0.2, 0.25) is 0 Å². The van der Waals surface area contributed by atoms with E-state index in [1.54, 1.807) is 6.07 Å². The number of nitrogens with one attached hydrogen (secondary N) is 1. The van der Waals surface area contributed by atoms with Crippen molar-refractivity contribution in [1.29, 1.82) is 0 Å². The Balaban J connectivity index is 1.97. The third kappa shape index (κ3) is 4.25. The molecule has 1 aromatic heterocycles. The van der Waals surface area contributed by atoms with Crippen molar-refractivity contribution < 1.29 is 23.1 Å². The number of para-hydroxylation sites is 1. The van der Waals surface area contributed by atoms with Crippen LogP contribution in [0.4, 0.5) is 14.5 Å². The summed E-state index contributed by atoms with van der Waals surface area (Å²) < 4.78 is 32.9. The highest BCUT2D eigenvalue weighted by molar-refractivity contribution is 5.95. The Morgan fingerprint density at radius 3 is 2.46 bits per heavy atom. The zero-order valence-corrected chi connectivity index (χ0v) is 12.7. The number of hydrogen-bond acceptors (Lipinski definition) is 4. The maximum absolute atomic E-state index is 13.5. The van der Waals surface area contributed by atoms with Gasteiger partial charge in [-0.1, -0.05) is 12.1 Å². The molecule has 1 amide bonds. The minimum atomic E-state index is -1.30. The summed E-state index contributed by atoms with van der Waals surface area (Å²) in [7, 11) is 0.